The molecule has 0 spiro atoms. The lowest BCUT2D eigenvalue weighted by Gasteiger charge is -2.13. The summed E-state index contributed by atoms with van der Waals surface area (Å²) in [5.74, 6) is 0. The van der Waals surface area contributed by atoms with Crippen molar-refractivity contribution in [1.29, 1.82) is 0 Å². The van der Waals surface area contributed by atoms with Gasteiger partial charge in [0.05, 0.1) is 10.6 Å². The van der Waals surface area contributed by atoms with Gasteiger partial charge in [0.1, 0.15) is 4.90 Å². The minimum atomic E-state index is -3.79. The molecule has 0 fully saturated rings. The molecule has 1 unspecified atom stereocenters. The number of non-ortho nitro benzene ring substituents is 1. The summed E-state index contributed by atoms with van der Waals surface area (Å²) < 4.78 is 26.9. The number of rotatable bonds is 7. The average molecular weight is 319 g/mol. The van der Waals surface area contributed by atoms with Crippen molar-refractivity contribution in [3.63, 3.8) is 0 Å². The Morgan fingerprint density at radius 1 is 1.45 bits per heavy atom. The van der Waals surface area contributed by atoms with Gasteiger partial charge in [-0.2, -0.15) is 11.8 Å². The summed E-state index contributed by atoms with van der Waals surface area (Å²) in [5, 5.41) is 13.6. The van der Waals surface area contributed by atoms with Gasteiger partial charge in [-0.1, -0.05) is 6.92 Å². The van der Waals surface area contributed by atoms with Crippen LogP contribution in [0.2, 0.25) is 0 Å². The van der Waals surface area contributed by atoms with Crippen molar-refractivity contribution >= 4 is 33.2 Å². The Balaban J connectivity index is 3.14. The van der Waals surface area contributed by atoms with E-state index in [1.54, 1.807) is 7.05 Å². The standard InChI is InChI=1S/C11H17N3O4S2/c1-8(19-3)7-13-20(17,18)11-6-9(14(15)16)4-5-10(11)12-2/h4-6,8,12-13H,7H2,1-3H3. The number of thioether (sulfide) groups is 1. The van der Waals surface area contributed by atoms with Crippen LogP contribution in [0.25, 0.3) is 0 Å². The molecule has 1 aromatic carbocycles. The lowest BCUT2D eigenvalue weighted by atomic mass is 10.3. The molecule has 0 saturated heterocycles. The molecule has 0 amide bonds. The second-order valence-corrected chi connectivity index (χ2v) is 7.10. The highest BCUT2D eigenvalue weighted by atomic mass is 32.2. The van der Waals surface area contributed by atoms with Gasteiger partial charge in [-0.05, 0) is 12.3 Å². The lowest BCUT2D eigenvalue weighted by Crippen LogP contribution is -2.30. The predicted octanol–water partition coefficient (Wildman–Crippen LogP) is 1.67. The summed E-state index contributed by atoms with van der Waals surface area (Å²) in [6.45, 7) is 2.15. The van der Waals surface area contributed by atoms with E-state index in [0.717, 1.165) is 6.07 Å². The summed E-state index contributed by atoms with van der Waals surface area (Å²) in [7, 11) is -2.23. The number of nitro groups is 1. The third-order valence-electron chi connectivity index (χ3n) is 2.70. The molecule has 0 aromatic heterocycles. The Bertz CT molecular complexity index is 589. The summed E-state index contributed by atoms with van der Waals surface area (Å²) in [6.07, 6.45) is 1.88. The van der Waals surface area contributed by atoms with Gasteiger partial charge in [-0.15, -0.1) is 0 Å². The molecule has 1 rings (SSSR count). The molecule has 0 bridgehead atoms. The molecule has 0 aliphatic rings. The van der Waals surface area contributed by atoms with Crippen LogP contribution in [-0.4, -0.2) is 38.4 Å². The van der Waals surface area contributed by atoms with Crippen LogP contribution in [-0.2, 0) is 10.0 Å². The highest BCUT2D eigenvalue weighted by molar-refractivity contribution is 7.99. The first-order valence-corrected chi connectivity index (χ1v) is 8.57. The van der Waals surface area contributed by atoms with E-state index in [9.17, 15) is 18.5 Å². The molecule has 112 valence electrons. The van der Waals surface area contributed by atoms with Gasteiger partial charge in [-0.3, -0.25) is 10.1 Å². The summed E-state index contributed by atoms with van der Waals surface area (Å²) in [4.78, 5) is 10.0. The number of nitrogens with one attached hydrogen (secondary N) is 2. The third kappa shape index (κ3) is 4.09. The molecule has 1 aromatic rings. The Morgan fingerprint density at radius 2 is 2.10 bits per heavy atom. The number of nitro benzene ring substituents is 1. The van der Waals surface area contributed by atoms with Crippen molar-refractivity contribution in [2.75, 3.05) is 25.2 Å². The van der Waals surface area contributed by atoms with E-state index in [1.165, 1.54) is 23.9 Å². The molecule has 0 aliphatic heterocycles. The topological polar surface area (TPSA) is 101 Å². The first kappa shape index (κ1) is 16.7. The van der Waals surface area contributed by atoms with Crippen LogP contribution in [0.4, 0.5) is 11.4 Å². The molecular weight excluding hydrogens is 302 g/mol. The van der Waals surface area contributed by atoms with E-state index < -0.39 is 14.9 Å². The maximum atomic E-state index is 12.2. The smallest absolute Gasteiger partial charge is 0.270 e. The zero-order valence-electron chi connectivity index (χ0n) is 11.4. The molecule has 0 saturated carbocycles. The van der Waals surface area contributed by atoms with Crippen molar-refractivity contribution < 1.29 is 13.3 Å². The fourth-order valence-electron chi connectivity index (χ4n) is 1.44. The molecule has 1 atom stereocenters. The van der Waals surface area contributed by atoms with Crippen molar-refractivity contribution in [3.05, 3.63) is 28.3 Å². The molecule has 7 nitrogen and oxygen atoms in total. The van der Waals surface area contributed by atoms with Crippen LogP contribution in [0.15, 0.2) is 23.1 Å². The average Bonchev–Trinajstić information content (AvgIpc) is 2.43. The van der Waals surface area contributed by atoms with Crippen LogP contribution >= 0.6 is 11.8 Å². The molecule has 0 radical (unpaired) electrons. The highest BCUT2D eigenvalue weighted by Crippen LogP contribution is 2.26. The maximum Gasteiger partial charge on any atom is 0.270 e. The summed E-state index contributed by atoms with van der Waals surface area (Å²) in [6, 6.07) is 3.69. The number of sulfonamides is 1. The largest absolute Gasteiger partial charge is 0.387 e. The molecular formula is C11H17N3O4S2. The van der Waals surface area contributed by atoms with Gasteiger partial charge < -0.3 is 5.32 Å². The second kappa shape index (κ2) is 6.91. The molecule has 20 heavy (non-hydrogen) atoms. The Labute approximate surface area is 122 Å². The quantitative estimate of drug-likeness (QED) is 0.585. The van der Waals surface area contributed by atoms with E-state index >= 15 is 0 Å². The minimum Gasteiger partial charge on any atom is -0.387 e. The summed E-state index contributed by atoms with van der Waals surface area (Å²) >= 11 is 1.53. The Hall–Kier alpha value is -1.32. The first-order chi connectivity index (χ1) is 9.31. The number of benzene rings is 1. The molecule has 9 heteroatoms. The van der Waals surface area contributed by atoms with Crippen molar-refractivity contribution in [2.45, 2.75) is 17.1 Å². The number of anilines is 1. The fraction of sp³-hybridized carbons (Fsp3) is 0.455. The van der Waals surface area contributed by atoms with Crippen LogP contribution < -0.4 is 10.0 Å². The predicted molar refractivity (Wildman–Crippen MR) is 80.8 cm³/mol. The minimum absolute atomic E-state index is 0.113. The van der Waals surface area contributed by atoms with Crippen LogP contribution in [0.5, 0.6) is 0 Å². The molecule has 0 aliphatic carbocycles. The van der Waals surface area contributed by atoms with Gasteiger partial charge in [-0.25, -0.2) is 13.1 Å². The van der Waals surface area contributed by atoms with E-state index in [0.29, 0.717) is 5.69 Å². The first-order valence-electron chi connectivity index (χ1n) is 5.80. The number of hydrogen-bond donors (Lipinski definition) is 2. The zero-order valence-corrected chi connectivity index (χ0v) is 13.0. The van der Waals surface area contributed by atoms with Crippen molar-refractivity contribution in [2.24, 2.45) is 0 Å². The van der Waals surface area contributed by atoms with Crippen LogP contribution in [0.3, 0.4) is 0 Å². The van der Waals surface area contributed by atoms with Gasteiger partial charge in [0.25, 0.3) is 5.69 Å². The Kier molecular flexibility index (Phi) is 5.78. The second-order valence-electron chi connectivity index (χ2n) is 4.09. The number of nitrogens with zero attached hydrogens (tertiary/aromatic N) is 1. The normalized spacial score (nSPS) is 12.9. The van der Waals surface area contributed by atoms with Crippen LogP contribution in [0, 0.1) is 10.1 Å². The van der Waals surface area contributed by atoms with Gasteiger partial charge >= 0.3 is 0 Å². The van der Waals surface area contributed by atoms with Gasteiger partial charge in [0.2, 0.25) is 10.0 Å². The lowest BCUT2D eigenvalue weighted by molar-refractivity contribution is -0.385. The van der Waals surface area contributed by atoms with Gasteiger partial charge in [0, 0.05) is 31.0 Å². The molecule has 0 heterocycles. The summed E-state index contributed by atoms with van der Waals surface area (Å²) in [5.41, 5.74) is 0.0576. The Morgan fingerprint density at radius 3 is 2.60 bits per heavy atom. The zero-order chi connectivity index (χ0) is 15.3. The van der Waals surface area contributed by atoms with Crippen molar-refractivity contribution in [3.8, 4) is 0 Å². The molecule has 2 N–H and O–H groups in total. The highest BCUT2D eigenvalue weighted by Gasteiger charge is 2.22. The van der Waals surface area contributed by atoms with E-state index in [1.807, 2.05) is 13.2 Å². The van der Waals surface area contributed by atoms with Gasteiger partial charge in [0.15, 0.2) is 0 Å². The third-order valence-corrected chi connectivity index (χ3v) is 5.13. The van der Waals surface area contributed by atoms with E-state index in [-0.39, 0.29) is 22.4 Å². The van der Waals surface area contributed by atoms with E-state index in [2.05, 4.69) is 10.0 Å². The van der Waals surface area contributed by atoms with E-state index in [4.69, 9.17) is 0 Å². The number of hydrogen-bond acceptors (Lipinski definition) is 6. The van der Waals surface area contributed by atoms with Crippen LogP contribution in [0.1, 0.15) is 6.92 Å². The maximum absolute atomic E-state index is 12.2. The SMILES string of the molecule is CNc1ccc([N+](=O)[O-])cc1S(=O)(=O)NCC(C)SC. The monoisotopic (exact) mass is 319 g/mol. The fourth-order valence-corrected chi connectivity index (χ4v) is 3.16. The van der Waals surface area contributed by atoms with Crippen molar-refractivity contribution in [1.82, 2.24) is 4.72 Å².